The fourth-order valence-corrected chi connectivity index (χ4v) is 3.31. The van der Waals surface area contributed by atoms with Crippen molar-refractivity contribution in [3.63, 3.8) is 0 Å². The number of nitrogens with zero attached hydrogens (tertiary/aromatic N) is 2. The maximum absolute atomic E-state index is 12.1. The van der Waals surface area contributed by atoms with Crippen molar-refractivity contribution in [3.05, 3.63) is 12.0 Å². The maximum atomic E-state index is 12.1. The summed E-state index contributed by atoms with van der Waals surface area (Å²) in [5.74, 6) is -0.313. The Bertz CT molecular complexity index is 536. The second kappa shape index (κ2) is 4.11. The molecule has 0 aliphatic carbocycles. The molecule has 2 heterocycles. The number of aromatic nitrogens is 2. The molecule has 1 amide bonds. The van der Waals surface area contributed by atoms with Crippen LogP contribution >= 0.6 is 0 Å². The van der Waals surface area contributed by atoms with E-state index in [1.54, 1.807) is 6.92 Å². The van der Waals surface area contributed by atoms with E-state index < -0.39 is 21.8 Å². The van der Waals surface area contributed by atoms with Gasteiger partial charge >= 0.3 is 0 Å². The van der Waals surface area contributed by atoms with E-state index in [0.717, 1.165) is 0 Å². The van der Waals surface area contributed by atoms with E-state index in [1.165, 1.54) is 10.5 Å². The predicted molar refractivity (Wildman–Crippen MR) is 59.4 cm³/mol. The van der Waals surface area contributed by atoms with Crippen molar-refractivity contribution in [2.75, 3.05) is 13.1 Å². The van der Waals surface area contributed by atoms with Gasteiger partial charge in [-0.3, -0.25) is 4.79 Å². The Kier molecular flexibility index (Phi) is 2.92. The second-order valence-corrected chi connectivity index (χ2v) is 5.99. The van der Waals surface area contributed by atoms with Gasteiger partial charge in [-0.25, -0.2) is 13.4 Å². The molecule has 7 nitrogen and oxygen atoms in total. The molecule has 0 bridgehead atoms. The zero-order chi connectivity index (χ0) is 12.6. The standard InChI is InChI=1S/C9H14N4O3S/c1-6-11-4-8(12-6)17(15,16)13-3-2-7(5-13)9(10)14/h4,7H,2-3,5H2,1H3,(H2,10,14)(H,11,12). The van der Waals surface area contributed by atoms with E-state index in [2.05, 4.69) is 9.97 Å². The summed E-state index contributed by atoms with van der Waals surface area (Å²) in [5.41, 5.74) is 5.17. The molecule has 1 aromatic heterocycles. The Morgan fingerprint density at radius 1 is 1.65 bits per heavy atom. The number of nitrogens with one attached hydrogen (secondary N) is 1. The first-order valence-corrected chi connectivity index (χ1v) is 6.66. The van der Waals surface area contributed by atoms with E-state index in [9.17, 15) is 13.2 Å². The van der Waals surface area contributed by atoms with E-state index >= 15 is 0 Å². The molecule has 0 aromatic carbocycles. The van der Waals surface area contributed by atoms with Crippen molar-refractivity contribution in [1.82, 2.24) is 14.3 Å². The fourth-order valence-electron chi connectivity index (χ4n) is 1.85. The van der Waals surface area contributed by atoms with Crippen LogP contribution < -0.4 is 5.73 Å². The summed E-state index contributed by atoms with van der Waals surface area (Å²) >= 11 is 0. The lowest BCUT2D eigenvalue weighted by atomic mass is 10.1. The highest BCUT2D eigenvalue weighted by molar-refractivity contribution is 7.89. The lowest BCUT2D eigenvalue weighted by Crippen LogP contribution is -2.32. The van der Waals surface area contributed by atoms with Gasteiger partial charge in [-0.05, 0) is 13.3 Å². The summed E-state index contributed by atoms with van der Waals surface area (Å²) in [6, 6.07) is 0. The summed E-state index contributed by atoms with van der Waals surface area (Å²) in [6.07, 6.45) is 1.75. The normalized spacial score (nSPS) is 21.8. The molecular formula is C9H14N4O3S. The summed E-state index contributed by atoms with van der Waals surface area (Å²) in [7, 11) is -3.58. The smallest absolute Gasteiger partial charge is 0.260 e. The number of hydrogen-bond donors (Lipinski definition) is 2. The highest BCUT2D eigenvalue weighted by Crippen LogP contribution is 2.23. The number of primary amides is 1. The van der Waals surface area contributed by atoms with E-state index in [0.29, 0.717) is 18.8 Å². The Labute approximate surface area is 99.1 Å². The van der Waals surface area contributed by atoms with Crippen LogP contribution in [-0.2, 0) is 14.8 Å². The average Bonchev–Trinajstić information content (AvgIpc) is 2.85. The Morgan fingerprint density at radius 2 is 2.35 bits per heavy atom. The molecule has 17 heavy (non-hydrogen) atoms. The van der Waals surface area contributed by atoms with E-state index in [-0.39, 0.29) is 11.6 Å². The monoisotopic (exact) mass is 258 g/mol. The van der Waals surface area contributed by atoms with Crippen molar-refractivity contribution >= 4 is 15.9 Å². The van der Waals surface area contributed by atoms with E-state index in [1.807, 2.05) is 0 Å². The van der Waals surface area contributed by atoms with Crippen LogP contribution in [-0.4, -0.2) is 41.7 Å². The number of amides is 1. The van der Waals surface area contributed by atoms with Gasteiger partial charge in [0.05, 0.1) is 12.1 Å². The van der Waals surface area contributed by atoms with Gasteiger partial charge in [0.25, 0.3) is 10.0 Å². The largest absolute Gasteiger partial charge is 0.369 e. The van der Waals surface area contributed by atoms with Gasteiger partial charge in [0, 0.05) is 13.1 Å². The molecule has 8 heteroatoms. The molecule has 94 valence electrons. The van der Waals surface area contributed by atoms with Gasteiger partial charge in [0.1, 0.15) is 5.82 Å². The lowest BCUT2D eigenvalue weighted by Gasteiger charge is -2.14. The molecule has 0 saturated carbocycles. The third-order valence-corrected chi connectivity index (χ3v) is 4.63. The van der Waals surface area contributed by atoms with Gasteiger partial charge in [-0.2, -0.15) is 4.31 Å². The second-order valence-electron chi connectivity index (χ2n) is 4.08. The highest BCUT2D eigenvalue weighted by Gasteiger charge is 2.35. The molecule has 1 saturated heterocycles. The fraction of sp³-hybridized carbons (Fsp3) is 0.556. The van der Waals surface area contributed by atoms with Crippen molar-refractivity contribution in [3.8, 4) is 0 Å². The maximum Gasteiger partial charge on any atom is 0.260 e. The Balaban J connectivity index is 2.21. The van der Waals surface area contributed by atoms with Crippen molar-refractivity contribution < 1.29 is 13.2 Å². The number of H-pyrrole nitrogens is 1. The number of carbonyl (C=O) groups excluding carboxylic acids is 1. The quantitative estimate of drug-likeness (QED) is 0.740. The Morgan fingerprint density at radius 3 is 2.82 bits per heavy atom. The minimum atomic E-state index is -3.58. The molecule has 3 N–H and O–H groups in total. The minimum Gasteiger partial charge on any atom is -0.369 e. The number of rotatable bonds is 3. The van der Waals surface area contributed by atoms with Crippen LogP contribution in [0.1, 0.15) is 12.2 Å². The SMILES string of the molecule is Cc1ncc(S(=O)(=O)N2CCC(C(N)=O)C2)[nH]1. The molecule has 1 atom stereocenters. The molecule has 0 radical (unpaired) electrons. The average molecular weight is 258 g/mol. The van der Waals surface area contributed by atoms with E-state index in [4.69, 9.17) is 5.73 Å². The number of carbonyl (C=O) groups is 1. The first-order valence-electron chi connectivity index (χ1n) is 5.22. The molecule has 1 aliphatic rings. The summed E-state index contributed by atoms with van der Waals surface area (Å²) in [6.45, 7) is 2.14. The van der Waals surface area contributed by atoms with Gasteiger partial charge < -0.3 is 10.7 Å². The summed E-state index contributed by atoms with van der Waals surface area (Å²) in [5, 5.41) is 0.0557. The van der Waals surface area contributed by atoms with Crippen molar-refractivity contribution in [2.24, 2.45) is 11.7 Å². The number of aromatic amines is 1. The molecule has 0 spiro atoms. The molecule has 1 fully saturated rings. The van der Waals surface area contributed by atoms with Crippen LogP contribution in [0, 0.1) is 12.8 Å². The number of hydrogen-bond acceptors (Lipinski definition) is 4. The molecular weight excluding hydrogens is 244 g/mol. The lowest BCUT2D eigenvalue weighted by molar-refractivity contribution is -0.121. The first-order chi connectivity index (χ1) is 7.91. The van der Waals surface area contributed by atoms with Gasteiger partial charge in [-0.1, -0.05) is 0 Å². The van der Waals surface area contributed by atoms with Crippen LogP contribution in [0.4, 0.5) is 0 Å². The third kappa shape index (κ3) is 2.18. The molecule has 1 aromatic rings. The van der Waals surface area contributed by atoms with Gasteiger partial charge in [0.15, 0.2) is 5.03 Å². The molecule has 1 unspecified atom stereocenters. The van der Waals surface area contributed by atoms with Crippen LogP contribution in [0.25, 0.3) is 0 Å². The zero-order valence-electron chi connectivity index (χ0n) is 9.38. The number of sulfonamides is 1. The zero-order valence-corrected chi connectivity index (χ0v) is 10.2. The van der Waals surface area contributed by atoms with Crippen LogP contribution in [0.3, 0.4) is 0 Å². The molecule has 2 rings (SSSR count). The number of imidazole rings is 1. The van der Waals surface area contributed by atoms with Gasteiger partial charge in [0.2, 0.25) is 5.91 Å². The van der Waals surface area contributed by atoms with Crippen LogP contribution in [0.5, 0.6) is 0 Å². The van der Waals surface area contributed by atoms with Crippen molar-refractivity contribution in [2.45, 2.75) is 18.4 Å². The number of nitrogens with two attached hydrogens (primary N) is 1. The van der Waals surface area contributed by atoms with Crippen molar-refractivity contribution in [1.29, 1.82) is 0 Å². The topological polar surface area (TPSA) is 109 Å². The summed E-state index contributed by atoms with van der Waals surface area (Å²) in [4.78, 5) is 17.5. The third-order valence-electron chi connectivity index (χ3n) is 2.85. The minimum absolute atomic E-state index is 0.0557. The van der Waals surface area contributed by atoms with Gasteiger partial charge in [-0.15, -0.1) is 0 Å². The first kappa shape index (κ1) is 12.1. The predicted octanol–water partition coefficient (Wildman–Crippen LogP) is -0.786. The molecule has 1 aliphatic heterocycles. The highest BCUT2D eigenvalue weighted by atomic mass is 32.2. The Hall–Kier alpha value is -1.41. The summed E-state index contributed by atoms with van der Waals surface area (Å²) < 4.78 is 25.5. The van der Waals surface area contributed by atoms with Crippen LogP contribution in [0.2, 0.25) is 0 Å². The van der Waals surface area contributed by atoms with Crippen LogP contribution in [0.15, 0.2) is 11.2 Å². The number of aryl methyl sites for hydroxylation is 1.